The molecule has 0 saturated carbocycles. The zero-order valence-electron chi connectivity index (χ0n) is 20.5. The highest BCUT2D eigenvalue weighted by atomic mass is 16.5. The molecule has 1 atom stereocenters. The van der Waals surface area contributed by atoms with Crippen LogP contribution in [-0.4, -0.2) is 54.4 Å². The van der Waals surface area contributed by atoms with Crippen LogP contribution in [0.25, 0.3) is 16.9 Å². The van der Waals surface area contributed by atoms with Crippen molar-refractivity contribution < 1.29 is 18.7 Å². The van der Waals surface area contributed by atoms with Gasteiger partial charge in [-0.15, -0.1) is 0 Å². The van der Waals surface area contributed by atoms with Crippen LogP contribution in [0.5, 0.6) is 11.5 Å². The van der Waals surface area contributed by atoms with E-state index in [9.17, 15) is 4.79 Å². The highest BCUT2D eigenvalue weighted by molar-refractivity contribution is 6.00. The molecule has 0 radical (unpaired) electrons. The average Bonchev–Trinajstić information content (AvgIpc) is 3.71. The fourth-order valence-electron chi connectivity index (χ4n) is 4.68. The van der Waals surface area contributed by atoms with Gasteiger partial charge < -0.3 is 19.2 Å². The van der Waals surface area contributed by atoms with Crippen LogP contribution in [0, 0.1) is 0 Å². The first-order valence-corrected chi connectivity index (χ1v) is 12.1. The van der Waals surface area contributed by atoms with Gasteiger partial charge in [-0.1, -0.05) is 18.2 Å². The van der Waals surface area contributed by atoms with Gasteiger partial charge >= 0.3 is 0 Å². The molecule has 0 bridgehead atoms. The Hall–Kier alpha value is -4.04. The molecule has 8 nitrogen and oxygen atoms in total. The van der Waals surface area contributed by atoms with Crippen molar-refractivity contribution in [3.05, 3.63) is 84.4 Å². The zero-order valence-corrected chi connectivity index (χ0v) is 20.5. The molecule has 1 amide bonds. The Kier molecular flexibility index (Phi) is 7.04. The summed E-state index contributed by atoms with van der Waals surface area (Å²) in [5, 5.41) is 7.93. The number of hydrogen-bond donors (Lipinski definition) is 1. The van der Waals surface area contributed by atoms with Crippen LogP contribution in [0.2, 0.25) is 0 Å². The third kappa shape index (κ3) is 4.85. The Morgan fingerprint density at radius 1 is 1.03 bits per heavy atom. The van der Waals surface area contributed by atoms with Crippen LogP contribution in [0.3, 0.4) is 0 Å². The molecular formula is C28H30N4O4. The lowest BCUT2D eigenvalue weighted by atomic mass is 10.1. The van der Waals surface area contributed by atoms with Crippen LogP contribution < -0.4 is 14.8 Å². The van der Waals surface area contributed by atoms with Crippen molar-refractivity contribution in [2.45, 2.75) is 18.9 Å². The first-order valence-electron chi connectivity index (χ1n) is 12.1. The lowest BCUT2D eigenvalue weighted by Gasteiger charge is -2.26. The highest BCUT2D eigenvalue weighted by Crippen LogP contribution is 2.33. The smallest absolute Gasteiger partial charge is 0.255 e. The van der Waals surface area contributed by atoms with Crippen molar-refractivity contribution in [2.75, 3.05) is 33.9 Å². The monoisotopic (exact) mass is 486 g/mol. The largest absolute Gasteiger partial charge is 0.493 e. The maximum absolute atomic E-state index is 13.6. The van der Waals surface area contributed by atoms with Gasteiger partial charge in [0, 0.05) is 18.3 Å². The second-order valence-corrected chi connectivity index (χ2v) is 8.73. The predicted octanol–water partition coefficient (Wildman–Crippen LogP) is 4.72. The Morgan fingerprint density at radius 3 is 2.50 bits per heavy atom. The molecule has 5 rings (SSSR count). The van der Waals surface area contributed by atoms with Crippen LogP contribution >= 0.6 is 0 Å². The van der Waals surface area contributed by atoms with E-state index in [4.69, 9.17) is 19.0 Å². The summed E-state index contributed by atoms with van der Waals surface area (Å²) in [6, 6.07) is 19.1. The molecule has 1 aliphatic heterocycles. The van der Waals surface area contributed by atoms with Crippen LogP contribution in [0.4, 0.5) is 0 Å². The highest BCUT2D eigenvalue weighted by Gasteiger charge is 2.27. The van der Waals surface area contributed by atoms with E-state index in [1.54, 1.807) is 31.4 Å². The first kappa shape index (κ1) is 23.7. The Balaban J connectivity index is 1.47. The third-order valence-electron chi connectivity index (χ3n) is 6.55. The SMILES string of the molecule is COc1ccc(-c2nn(-c3ccccc3)cc2C(=O)NCC(c2ccco2)N2CCCC2)cc1OC. The summed E-state index contributed by atoms with van der Waals surface area (Å²) in [5.74, 6) is 1.85. The van der Waals surface area contributed by atoms with E-state index in [0.29, 0.717) is 29.3 Å². The normalized spacial score (nSPS) is 14.5. The van der Waals surface area contributed by atoms with Crippen LogP contribution in [-0.2, 0) is 0 Å². The topological polar surface area (TPSA) is 81.8 Å². The second kappa shape index (κ2) is 10.7. The maximum Gasteiger partial charge on any atom is 0.255 e. The molecule has 1 saturated heterocycles. The van der Waals surface area contributed by atoms with Gasteiger partial charge in [0.15, 0.2) is 11.5 Å². The number of methoxy groups -OCH3 is 2. The number of nitrogens with one attached hydrogen (secondary N) is 1. The zero-order chi connectivity index (χ0) is 24.9. The molecule has 2 aromatic carbocycles. The number of amides is 1. The van der Waals surface area contributed by atoms with Gasteiger partial charge in [-0.3, -0.25) is 9.69 Å². The molecule has 3 heterocycles. The van der Waals surface area contributed by atoms with Gasteiger partial charge in [0.05, 0.1) is 37.8 Å². The number of likely N-dealkylation sites (tertiary alicyclic amines) is 1. The summed E-state index contributed by atoms with van der Waals surface area (Å²) in [4.78, 5) is 15.9. The lowest BCUT2D eigenvalue weighted by Crippen LogP contribution is -2.36. The fourth-order valence-corrected chi connectivity index (χ4v) is 4.68. The molecular weight excluding hydrogens is 456 g/mol. The molecule has 1 fully saturated rings. The van der Waals surface area contributed by atoms with Gasteiger partial charge in [-0.25, -0.2) is 4.68 Å². The first-order chi connectivity index (χ1) is 17.7. The van der Waals surface area contributed by atoms with Crippen molar-refractivity contribution in [2.24, 2.45) is 0 Å². The molecule has 0 spiro atoms. The van der Waals surface area contributed by atoms with E-state index in [1.807, 2.05) is 60.7 Å². The summed E-state index contributed by atoms with van der Waals surface area (Å²) in [6.07, 6.45) is 5.75. The second-order valence-electron chi connectivity index (χ2n) is 8.73. The minimum atomic E-state index is -0.197. The molecule has 8 heteroatoms. The van der Waals surface area contributed by atoms with Crippen LogP contribution in [0.1, 0.15) is 35.0 Å². The Labute approximate surface area is 210 Å². The molecule has 1 unspecified atom stereocenters. The summed E-state index contributed by atoms with van der Waals surface area (Å²) in [7, 11) is 3.18. The molecule has 186 valence electrons. The van der Waals surface area contributed by atoms with E-state index >= 15 is 0 Å². The van der Waals surface area contributed by atoms with Gasteiger partial charge in [-0.2, -0.15) is 5.10 Å². The number of ether oxygens (including phenoxy) is 2. The number of benzene rings is 2. The standard InChI is InChI=1S/C28H30N4O4/c1-34-25-13-12-20(17-26(25)35-2)27-22(19-32(30-27)21-9-4-3-5-10-21)28(33)29-18-23(24-11-8-16-36-24)31-14-6-7-15-31/h3-5,8-13,16-17,19,23H,6-7,14-15,18H2,1-2H3,(H,29,33). The number of para-hydroxylation sites is 1. The predicted molar refractivity (Wildman–Crippen MR) is 137 cm³/mol. The van der Waals surface area contributed by atoms with Crippen molar-refractivity contribution in [3.8, 4) is 28.4 Å². The van der Waals surface area contributed by atoms with E-state index in [0.717, 1.165) is 42.9 Å². The van der Waals surface area contributed by atoms with E-state index in [2.05, 4.69) is 10.2 Å². The van der Waals surface area contributed by atoms with E-state index < -0.39 is 0 Å². The molecule has 36 heavy (non-hydrogen) atoms. The van der Waals surface area contributed by atoms with Crippen molar-refractivity contribution in [1.29, 1.82) is 0 Å². The van der Waals surface area contributed by atoms with Crippen LogP contribution in [0.15, 0.2) is 77.5 Å². The van der Waals surface area contributed by atoms with Gasteiger partial charge in [-0.05, 0) is 68.4 Å². The quantitative estimate of drug-likeness (QED) is 0.369. The molecule has 1 N–H and O–H groups in total. The summed E-state index contributed by atoms with van der Waals surface area (Å²) >= 11 is 0. The van der Waals surface area contributed by atoms with Gasteiger partial charge in [0.1, 0.15) is 11.5 Å². The third-order valence-corrected chi connectivity index (χ3v) is 6.55. The number of nitrogens with zero attached hydrogens (tertiary/aromatic N) is 3. The Bertz CT molecular complexity index is 1290. The lowest BCUT2D eigenvalue weighted by molar-refractivity contribution is 0.0934. The summed E-state index contributed by atoms with van der Waals surface area (Å²) in [6.45, 7) is 2.42. The molecule has 2 aromatic heterocycles. The van der Waals surface area contributed by atoms with Crippen molar-refractivity contribution >= 4 is 5.91 Å². The Morgan fingerprint density at radius 2 is 1.81 bits per heavy atom. The van der Waals surface area contributed by atoms with Gasteiger partial charge in [0.25, 0.3) is 5.91 Å². The maximum atomic E-state index is 13.6. The van der Waals surface area contributed by atoms with E-state index in [-0.39, 0.29) is 11.9 Å². The van der Waals surface area contributed by atoms with Crippen molar-refractivity contribution in [3.63, 3.8) is 0 Å². The van der Waals surface area contributed by atoms with Crippen molar-refractivity contribution in [1.82, 2.24) is 20.0 Å². The van der Waals surface area contributed by atoms with E-state index in [1.165, 1.54) is 0 Å². The average molecular weight is 487 g/mol. The number of furan rings is 1. The number of carbonyl (C=O) groups is 1. The molecule has 4 aromatic rings. The number of aromatic nitrogens is 2. The van der Waals surface area contributed by atoms with Gasteiger partial charge in [0.2, 0.25) is 0 Å². The number of rotatable bonds is 9. The summed E-state index contributed by atoms with van der Waals surface area (Å²) in [5.41, 5.74) is 2.66. The molecule has 1 aliphatic rings. The molecule has 0 aliphatic carbocycles. The minimum absolute atomic E-state index is 0.0138. The number of carbonyl (C=O) groups excluding carboxylic acids is 1. The number of hydrogen-bond acceptors (Lipinski definition) is 6. The summed E-state index contributed by atoms with van der Waals surface area (Å²) < 4.78 is 18.3. The fraction of sp³-hybridized carbons (Fsp3) is 0.286. The minimum Gasteiger partial charge on any atom is -0.493 e.